The molecule has 1 aliphatic rings. The third-order valence-electron chi connectivity index (χ3n) is 5.91. The molecule has 1 aliphatic carbocycles. The molecular formula is C29H31NO4. The van der Waals surface area contributed by atoms with Gasteiger partial charge in [0, 0.05) is 5.92 Å². The highest BCUT2D eigenvalue weighted by atomic mass is 16.5. The molecule has 0 radical (unpaired) electrons. The molecule has 176 valence electrons. The average molecular weight is 458 g/mol. The molecule has 1 atom stereocenters. The van der Waals surface area contributed by atoms with Crippen LogP contribution in [0.5, 0.6) is 5.75 Å². The largest absolute Gasteiger partial charge is 0.488 e. The Labute approximate surface area is 201 Å². The maximum Gasteiger partial charge on any atom is 0.407 e. The van der Waals surface area contributed by atoms with Crippen LogP contribution in [0.25, 0.3) is 11.1 Å². The van der Waals surface area contributed by atoms with E-state index < -0.39 is 12.1 Å². The number of carbonyl (C=O) groups is 2. The van der Waals surface area contributed by atoms with Crippen LogP contribution in [0, 0.1) is 0 Å². The first-order chi connectivity index (χ1) is 16.2. The molecule has 4 rings (SSSR count). The molecule has 0 aromatic heterocycles. The topological polar surface area (TPSA) is 64.6 Å². The molecular weight excluding hydrogens is 426 g/mol. The van der Waals surface area contributed by atoms with Crippen LogP contribution in [0.3, 0.4) is 0 Å². The van der Waals surface area contributed by atoms with Gasteiger partial charge in [-0.1, -0.05) is 60.7 Å². The van der Waals surface area contributed by atoms with Crippen LogP contribution in [0.4, 0.5) is 4.79 Å². The van der Waals surface area contributed by atoms with Crippen LogP contribution in [0.1, 0.15) is 50.3 Å². The van der Waals surface area contributed by atoms with Crippen molar-refractivity contribution in [1.82, 2.24) is 5.32 Å². The summed E-state index contributed by atoms with van der Waals surface area (Å²) in [5.41, 5.74) is 5.30. The first-order valence-corrected chi connectivity index (χ1v) is 11.6. The van der Waals surface area contributed by atoms with E-state index in [9.17, 15) is 9.59 Å². The molecule has 0 aliphatic heterocycles. The minimum absolute atomic E-state index is 0.0238. The molecule has 0 fully saturated rings. The zero-order valence-electron chi connectivity index (χ0n) is 20.1. The Hall–Kier alpha value is -3.60. The van der Waals surface area contributed by atoms with Crippen LogP contribution >= 0.6 is 0 Å². The number of nitrogens with one attached hydrogen (secondary N) is 1. The number of hydrogen-bond donors (Lipinski definition) is 1. The van der Waals surface area contributed by atoms with E-state index in [0.717, 1.165) is 22.4 Å². The number of ether oxygens (including phenoxy) is 2. The summed E-state index contributed by atoms with van der Waals surface area (Å²) in [4.78, 5) is 24.9. The minimum atomic E-state index is -0.662. The number of Topliss-reactive ketones (excluding diaryl/α,β-unsaturated/α-hetero) is 1. The molecule has 0 spiro atoms. The molecule has 5 heteroatoms. The Morgan fingerprint density at radius 3 is 1.97 bits per heavy atom. The second-order valence-corrected chi connectivity index (χ2v) is 9.70. The summed E-state index contributed by atoms with van der Waals surface area (Å²) in [6.07, 6.45) is -0.204. The van der Waals surface area contributed by atoms with E-state index in [-0.39, 0.29) is 23.9 Å². The maximum atomic E-state index is 12.6. The van der Waals surface area contributed by atoms with Crippen molar-refractivity contribution in [3.05, 3.63) is 89.5 Å². The number of hydrogen-bond acceptors (Lipinski definition) is 4. The van der Waals surface area contributed by atoms with E-state index in [2.05, 4.69) is 29.6 Å². The summed E-state index contributed by atoms with van der Waals surface area (Å²) in [6, 6.07) is 23.3. The Morgan fingerprint density at radius 2 is 1.44 bits per heavy atom. The zero-order chi connectivity index (χ0) is 24.3. The normalized spacial score (nSPS) is 13.5. The highest BCUT2D eigenvalue weighted by molar-refractivity contribution is 5.86. The van der Waals surface area contributed by atoms with Crippen LogP contribution in [-0.2, 0) is 16.0 Å². The lowest BCUT2D eigenvalue weighted by atomic mass is 9.98. The van der Waals surface area contributed by atoms with Gasteiger partial charge in [-0.3, -0.25) is 4.79 Å². The first kappa shape index (κ1) is 23.6. The van der Waals surface area contributed by atoms with E-state index in [1.54, 1.807) is 0 Å². The van der Waals surface area contributed by atoms with Crippen molar-refractivity contribution in [1.29, 1.82) is 0 Å². The number of benzene rings is 3. The summed E-state index contributed by atoms with van der Waals surface area (Å²) >= 11 is 0. The summed E-state index contributed by atoms with van der Waals surface area (Å²) < 4.78 is 11.5. The summed E-state index contributed by atoms with van der Waals surface area (Å²) in [5.74, 6) is 0.618. The molecule has 1 unspecified atom stereocenters. The van der Waals surface area contributed by atoms with Gasteiger partial charge in [-0.25, -0.2) is 4.79 Å². The molecule has 0 saturated carbocycles. The minimum Gasteiger partial charge on any atom is -0.488 e. The average Bonchev–Trinajstić information content (AvgIpc) is 3.11. The lowest BCUT2D eigenvalue weighted by Crippen LogP contribution is -2.42. The van der Waals surface area contributed by atoms with Crippen molar-refractivity contribution in [2.75, 3.05) is 6.61 Å². The fourth-order valence-electron chi connectivity index (χ4n) is 4.36. The second kappa shape index (κ2) is 9.72. The fraction of sp³-hybridized carbons (Fsp3) is 0.310. The van der Waals surface area contributed by atoms with E-state index >= 15 is 0 Å². The van der Waals surface area contributed by atoms with E-state index in [1.807, 2.05) is 69.3 Å². The highest BCUT2D eigenvalue weighted by Gasteiger charge is 2.29. The molecule has 0 heterocycles. The Kier molecular flexibility index (Phi) is 6.73. The van der Waals surface area contributed by atoms with Gasteiger partial charge < -0.3 is 14.8 Å². The monoisotopic (exact) mass is 457 g/mol. The quantitative estimate of drug-likeness (QED) is 0.480. The van der Waals surface area contributed by atoms with Gasteiger partial charge in [-0.2, -0.15) is 0 Å². The predicted octanol–water partition coefficient (Wildman–Crippen LogP) is 5.90. The SMILES string of the molecule is CC(=O)C(Cc1ccc(OC(C)(C)C)cc1)NC(=O)OCC1c2ccccc2-c2ccccc21. The summed E-state index contributed by atoms with van der Waals surface area (Å²) in [5, 5.41) is 2.75. The van der Waals surface area contributed by atoms with Gasteiger partial charge in [-0.15, -0.1) is 0 Å². The van der Waals surface area contributed by atoms with Gasteiger partial charge in [-0.05, 0) is 74.1 Å². The van der Waals surface area contributed by atoms with Gasteiger partial charge in [0.05, 0.1) is 6.04 Å². The Balaban J connectivity index is 1.38. The number of carbonyl (C=O) groups excluding carboxylic acids is 2. The zero-order valence-corrected chi connectivity index (χ0v) is 20.1. The van der Waals surface area contributed by atoms with Crippen LogP contribution in [0.2, 0.25) is 0 Å². The summed E-state index contributed by atoms with van der Waals surface area (Å²) in [6.45, 7) is 7.66. The Morgan fingerprint density at radius 1 is 0.882 bits per heavy atom. The third kappa shape index (κ3) is 5.48. The molecule has 1 amide bonds. The molecule has 1 N–H and O–H groups in total. The second-order valence-electron chi connectivity index (χ2n) is 9.70. The number of ketones is 1. The lowest BCUT2D eigenvalue weighted by Gasteiger charge is -2.21. The van der Waals surface area contributed by atoms with E-state index in [1.165, 1.54) is 18.1 Å². The molecule has 3 aromatic rings. The highest BCUT2D eigenvalue weighted by Crippen LogP contribution is 2.44. The van der Waals surface area contributed by atoms with Crippen LogP contribution in [-0.4, -0.2) is 30.1 Å². The number of fused-ring (bicyclic) bond motifs is 3. The van der Waals surface area contributed by atoms with Crippen molar-refractivity contribution >= 4 is 11.9 Å². The molecule has 34 heavy (non-hydrogen) atoms. The number of rotatable bonds is 7. The molecule has 0 bridgehead atoms. The van der Waals surface area contributed by atoms with E-state index in [4.69, 9.17) is 9.47 Å². The van der Waals surface area contributed by atoms with Gasteiger partial charge in [0.2, 0.25) is 0 Å². The molecule has 5 nitrogen and oxygen atoms in total. The van der Waals surface area contributed by atoms with Crippen molar-refractivity contribution in [2.45, 2.75) is 51.7 Å². The van der Waals surface area contributed by atoms with Crippen LogP contribution < -0.4 is 10.1 Å². The van der Waals surface area contributed by atoms with Crippen LogP contribution in [0.15, 0.2) is 72.8 Å². The standard InChI is InChI=1S/C29H31NO4/c1-19(31)27(17-20-13-15-21(16-14-20)34-29(2,3)4)30-28(32)33-18-26-24-11-7-5-9-22(24)23-10-6-8-12-25(23)26/h5-16,26-27H,17-18H2,1-4H3,(H,30,32). The van der Waals surface area contributed by atoms with Crippen molar-refractivity contribution < 1.29 is 19.1 Å². The first-order valence-electron chi connectivity index (χ1n) is 11.6. The third-order valence-corrected chi connectivity index (χ3v) is 5.91. The van der Waals surface area contributed by atoms with Crippen molar-refractivity contribution in [3.8, 4) is 16.9 Å². The summed E-state index contributed by atoms with van der Waals surface area (Å²) in [7, 11) is 0. The maximum absolute atomic E-state index is 12.6. The van der Waals surface area contributed by atoms with Gasteiger partial charge >= 0.3 is 6.09 Å². The fourth-order valence-corrected chi connectivity index (χ4v) is 4.36. The smallest absolute Gasteiger partial charge is 0.407 e. The number of alkyl carbamates (subject to hydrolysis) is 1. The molecule has 0 saturated heterocycles. The van der Waals surface area contributed by atoms with Gasteiger partial charge in [0.1, 0.15) is 18.0 Å². The molecule has 3 aromatic carbocycles. The predicted molar refractivity (Wildman–Crippen MR) is 133 cm³/mol. The van der Waals surface area contributed by atoms with Gasteiger partial charge in [0.25, 0.3) is 0 Å². The van der Waals surface area contributed by atoms with Crippen molar-refractivity contribution in [2.24, 2.45) is 0 Å². The number of amides is 1. The van der Waals surface area contributed by atoms with E-state index in [0.29, 0.717) is 6.42 Å². The lowest BCUT2D eigenvalue weighted by molar-refractivity contribution is -0.118. The van der Waals surface area contributed by atoms with Gasteiger partial charge in [0.15, 0.2) is 5.78 Å². The Bertz CT molecular complexity index is 1130. The van der Waals surface area contributed by atoms with Crippen molar-refractivity contribution in [3.63, 3.8) is 0 Å².